The van der Waals surface area contributed by atoms with Gasteiger partial charge in [0.25, 0.3) is 0 Å². The fraction of sp³-hybridized carbons (Fsp3) is 0.625. The lowest BCUT2D eigenvalue weighted by atomic mass is 10.4. The van der Waals surface area contributed by atoms with E-state index < -0.39 is 7.60 Å². The molecule has 162 valence electrons. The number of hydrogen-bond donors (Lipinski definition) is 3. The van der Waals surface area contributed by atoms with E-state index in [0.717, 1.165) is 0 Å². The SMILES string of the molecule is CC(C)OP(=O)(COC(C)Cn1cnc2c(N=C(N)N)nc(N)nc21)OC(C)C. The predicted molar refractivity (Wildman–Crippen MR) is 111 cm³/mol. The second kappa shape index (κ2) is 9.49. The molecule has 0 amide bonds. The first-order valence-corrected chi connectivity index (χ1v) is 10.9. The minimum atomic E-state index is -3.39. The maximum Gasteiger partial charge on any atom is 0.356 e. The van der Waals surface area contributed by atoms with Gasteiger partial charge in [0.15, 0.2) is 22.9 Å². The van der Waals surface area contributed by atoms with Crippen molar-refractivity contribution < 1.29 is 18.3 Å². The molecular weight excluding hydrogens is 399 g/mol. The average Bonchev–Trinajstić information content (AvgIpc) is 2.94. The molecule has 0 radical (unpaired) electrons. The molecule has 0 saturated carbocycles. The number of nitrogens with two attached hydrogens (primary N) is 3. The number of guanidine groups is 1. The molecule has 1 atom stereocenters. The van der Waals surface area contributed by atoms with E-state index in [1.54, 1.807) is 38.6 Å². The summed E-state index contributed by atoms with van der Waals surface area (Å²) in [6.07, 6.45) is 0.511. The van der Waals surface area contributed by atoms with Gasteiger partial charge in [-0.1, -0.05) is 0 Å². The number of fused-ring (bicyclic) bond motifs is 1. The molecule has 2 aromatic heterocycles. The molecule has 29 heavy (non-hydrogen) atoms. The summed E-state index contributed by atoms with van der Waals surface area (Å²) in [6, 6.07) is 0. The standard InChI is InChI=1S/C16H29N8O4P/c1-9(2)27-29(25,28-10(3)4)8-26-11(5)6-24-7-20-12-13(21-15(17)18)22-16(19)23-14(12)24/h7,9-11H,6,8H2,1-5H3,(H6,17,18,19,21,22,23). The summed E-state index contributed by atoms with van der Waals surface area (Å²) in [4.78, 5) is 16.4. The van der Waals surface area contributed by atoms with E-state index in [1.165, 1.54) is 0 Å². The smallest absolute Gasteiger partial charge is 0.356 e. The van der Waals surface area contributed by atoms with Gasteiger partial charge in [0, 0.05) is 0 Å². The van der Waals surface area contributed by atoms with Gasteiger partial charge in [-0.3, -0.25) is 4.57 Å². The molecular formula is C16H29N8O4P. The second-order valence-electron chi connectivity index (χ2n) is 7.04. The number of ether oxygens (including phenoxy) is 1. The molecule has 0 saturated heterocycles. The number of anilines is 1. The Labute approximate surface area is 169 Å². The van der Waals surface area contributed by atoms with Crippen molar-refractivity contribution in [3.8, 4) is 0 Å². The number of nitrogen functional groups attached to an aromatic ring is 1. The van der Waals surface area contributed by atoms with Crippen LogP contribution in [0.4, 0.5) is 11.8 Å². The van der Waals surface area contributed by atoms with E-state index in [4.69, 9.17) is 31.0 Å². The third kappa shape index (κ3) is 6.64. The number of rotatable bonds is 10. The van der Waals surface area contributed by atoms with Crippen molar-refractivity contribution >= 4 is 36.5 Å². The molecule has 0 aliphatic heterocycles. The fourth-order valence-electron chi connectivity index (χ4n) is 2.56. The highest BCUT2D eigenvalue weighted by molar-refractivity contribution is 7.53. The number of aromatic nitrogens is 4. The average molecular weight is 428 g/mol. The summed E-state index contributed by atoms with van der Waals surface area (Å²) < 4.78 is 31.3. The van der Waals surface area contributed by atoms with E-state index in [-0.39, 0.29) is 42.4 Å². The van der Waals surface area contributed by atoms with Crippen LogP contribution in [-0.4, -0.2) is 50.1 Å². The lowest BCUT2D eigenvalue weighted by Crippen LogP contribution is -2.22. The Hall–Kier alpha value is -2.27. The van der Waals surface area contributed by atoms with Crippen LogP contribution in [0.1, 0.15) is 34.6 Å². The molecule has 0 aliphatic rings. The highest BCUT2D eigenvalue weighted by atomic mass is 31.2. The van der Waals surface area contributed by atoms with Crippen LogP contribution in [-0.2, 0) is 24.9 Å². The molecule has 12 nitrogen and oxygen atoms in total. The highest BCUT2D eigenvalue weighted by Gasteiger charge is 2.29. The van der Waals surface area contributed by atoms with Gasteiger partial charge >= 0.3 is 7.60 Å². The van der Waals surface area contributed by atoms with Gasteiger partial charge in [0.2, 0.25) is 5.95 Å². The van der Waals surface area contributed by atoms with E-state index in [0.29, 0.717) is 17.7 Å². The number of hydrogen-bond acceptors (Lipinski definition) is 9. The predicted octanol–water partition coefficient (Wildman–Crippen LogP) is 1.72. The van der Waals surface area contributed by atoms with Crippen LogP contribution in [0.3, 0.4) is 0 Å². The maximum absolute atomic E-state index is 12.9. The number of aliphatic imine (C=N–C) groups is 1. The van der Waals surface area contributed by atoms with Crippen LogP contribution in [0, 0.1) is 0 Å². The summed E-state index contributed by atoms with van der Waals surface area (Å²) >= 11 is 0. The molecule has 0 spiro atoms. The third-order valence-electron chi connectivity index (χ3n) is 3.41. The molecule has 0 fully saturated rings. The quantitative estimate of drug-likeness (QED) is 0.286. The molecule has 1 unspecified atom stereocenters. The molecule has 2 rings (SSSR count). The Bertz CT molecular complexity index is 896. The molecule has 0 bridgehead atoms. The van der Waals surface area contributed by atoms with E-state index in [9.17, 15) is 4.57 Å². The van der Waals surface area contributed by atoms with Crippen LogP contribution < -0.4 is 17.2 Å². The molecule has 0 aromatic carbocycles. The zero-order valence-electron chi connectivity index (χ0n) is 17.3. The minimum Gasteiger partial charge on any atom is -0.370 e. The normalized spacial score (nSPS) is 13.3. The van der Waals surface area contributed by atoms with Crippen molar-refractivity contribution in [3.63, 3.8) is 0 Å². The fourth-order valence-corrected chi connectivity index (χ4v) is 4.45. The van der Waals surface area contributed by atoms with Crippen molar-refractivity contribution in [1.82, 2.24) is 19.5 Å². The third-order valence-corrected chi connectivity index (χ3v) is 5.36. The lowest BCUT2D eigenvalue weighted by Gasteiger charge is -2.24. The second-order valence-corrected chi connectivity index (χ2v) is 8.94. The summed E-state index contributed by atoms with van der Waals surface area (Å²) in [7, 11) is -3.39. The highest BCUT2D eigenvalue weighted by Crippen LogP contribution is 2.50. The lowest BCUT2D eigenvalue weighted by molar-refractivity contribution is 0.0549. The summed E-state index contributed by atoms with van der Waals surface area (Å²) in [6.45, 7) is 9.33. The zero-order valence-corrected chi connectivity index (χ0v) is 18.2. The van der Waals surface area contributed by atoms with Crippen LogP contribution in [0.25, 0.3) is 11.2 Å². The van der Waals surface area contributed by atoms with Crippen LogP contribution in [0.15, 0.2) is 11.3 Å². The Balaban J connectivity index is 2.15. The van der Waals surface area contributed by atoms with Crippen molar-refractivity contribution in [2.45, 2.75) is 59.5 Å². The van der Waals surface area contributed by atoms with Gasteiger partial charge in [0.1, 0.15) is 6.35 Å². The molecule has 2 heterocycles. The first-order chi connectivity index (χ1) is 13.5. The largest absolute Gasteiger partial charge is 0.370 e. The minimum absolute atomic E-state index is 0.00740. The van der Waals surface area contributed by atoms with Gasteiger partial charge in [-0.15, -0.1) is 0 Å². The number of nitrogens with zero attached hydrogens (tertiary/aromatic N) is 5. The van der Waals surface area contributed by atoms with Gasteiger partial charge in [-0.25, -0.2) is 4.98 Å². The van der Waals surface area contributed by atoms with Crippen molar-refractivity contribution in [1.29, 1.82) is 0 Å². The van der Waals surface area contributed by atoms with Crippen LogP contribution >= 0.6 is 7.60 Å². The summed E-state index contributed by atoms with van der Waals surface area (Å²) in [5.74, 6) is 0.0229. The first-order valence-electron chi connectivity index (χ1n) is 9.14. The Kier molecular flexibility index (Phi) is 7.53. The van der Waals surface area contributed by atoms with Gasteiger partial charge < -0.3 is 35.6 Å². The van der Waals surface area contributed by atoms with Crippen LogP contribution in [0.5, 0.6) is 0 Å². The zero-order chi connectivity index (χ0) is 21.8. The summed E-state index contributed by atoms with van der Waals surface area (Å²) in [5, 5.41) is 0. The molecule has 0 aliphatic carbocycles. The van der Waals surface area contributed by atoms with Gasteiger partial charge in [0.05, 0.1) is 31.2 Å². The first kappa shape index (κ1) is 23.0. The summed E-state index contributed by atoms with van der Waals surface area (Å²) in [5.41, 5.74) is 17.5. The molecule has 2 aromatic rings. The maximum atomic E-state index is 12.9. The van der Waals surface area contributed by atoms with Crippen molar-refractivity contribution in [3.05, 3.63) is 6.33 Å². The van der Waals surface area contributed by atoms with Crippen molar-refractivity contribution in [2.24, 2.45) is 16.5 Å². The van der Waals surface area contributed by atoms with Gasteiger partial charge in [-0.2, -0.15) is 15.0 Å². The molecule has 13 heteroatoms. The van der Waals surface area contributed by atoms with Crippen molar-refractivity contribution in [2.75, 3.05) is 12.1 Å². The monoisotopic (exact) mass is 428 g/mol. The number of imidazole rings is 1. The topological polar surface area (TPSA) is 179 Å². The Morgan fingerprint density at radius 1 is 1.17 bits per heavy atom. The Morgan fingerprint density at radius 3 is 2.34 bits per heavy atom. The van der Waals surface area contributed by atoms with Crippen LogP contribution in [0.2, 0.25) is 0 Å². The van der Waals surface area contributed by atoms with Gasteiger partial charge in [-0.05, 0) is 34.6 Å². The van der Waals surface area contributed by atoms with E-state index in [2.05, 4.69) is 19.9 Å². The van der Waals surface area contributed by atoms with E-state index >= 15 is 0 Å². The Morgan fingerprint density at radius 2 is 1.79 bits per heavy atom. The van der Waals surface area contributed by atoms with E-state index in [1.807, 2.05) is 6.92 Å². The molecule has 6 N–H and O–H groups in total.